The highest BCUT2D eigenvalue weighted by Crippen LogP contribution is 2.42. The lowest BCUT2D eigenvalue weighted by atomic mass is 9.85. The van der Waals surface area contributed by atoms with Crippen molar-refractivity contribution in [3.05, 3.63) is 64.7 Å². The van der Waals surface area contributed by atoms with E-state index >= 15 is 0 Å². The molecule has 0 amide bonds. The molecule has 1 fully saturated rings. The number of rotatable bonds is 2. The molecule has 2 heterocycles. The van der Waals surface area contributed by atoms with Crippen LogP contribution in [-0.2, 0) is 10.3 Å². The molecule has 0 spiro atoms. The fraction of sp³-hybridized carbons (Fsp3) is 0.267. The first-order valence-electron chi connectivity index (χ1n) is 6.23. The van der Waals surface area contributed by atoms with Crippen molar-refractivity contribution in [3.63, 3.8) is 0 Å². The van der Waals surface area contributed by atoms with Crippen molar-refractivity contribution in [1.29, 1.82) is 0 Å². The fourth-order valence-corrected chi connectivity index (χ4v) is 2.71. The van der Waals surface area contributed by atoms with Gasteiger partial charge in [-0.2, -0.15) is 0 Å². The summed E-state index contributed by atoms with van der Waals surface area (Å²) in [6.45, 7) is 0.694. The van der Waals surface area contributed by atoms with Gasteiger partial charge in [0.05, 0.1) is 0 Å². The van der Waals surface area contributed by atoms with Crippen molar-refractivity contribution >= 4 is 11.6 Å². The number of hydrogen-bond acceptors (Lipinski definition) is 2. The molecule has 98 valence electrons. The Labute approximate surface area is 116 Å². The fourth-order valence-electron chi connectivity index (χ4n) is 2.60. The molecule has 3 rings (SSSR count). The zero-order chi connectivity index (χ0) is 13.3. The van der Waals surface area contributed by atoms with Crippen LogP contribution in [0.2, 0.25) is 5.15 Å². The molecule has 1 atom stereocenters. The zero-order valence-corrected chi connectivity index (χ0v) is 11.0. The Morgan fingerprint density at radius 3 is 2.42 bits per heavy atom. The summed E-state index contributed by atoms with van der Waals surface area (Å²) >= 11 is 5.83. The van der Waals surface area contributed by atoms with Crippen LogP contribution in [0.3, 0.4) is 0 Å². The summed E-state index contributed by atoms with van der Waals surface area (Å²) in [7, 11) is 0. The van der Waals surface area contributed by atoms with E-state index in [0.29, 0.717) is 11.8 Å². The Bertz CT molecular complexity index is 514. The third-order valence-electron chi connectivity index (χ3n) is 3.53. The third-order valence-corrected chi connectivity index (χ3v) is 3.75. The lowest BCUT2D eigenvalue weighted by molar-refractivity contribution is 0.0356. The number of halogens is 2. The highest BCUT2D eigenvalue weighted by atomic mass is 35.5. The van der Waals surface area contributed by atoms with Gasteiger partial charge < -0.3 is 4.74 Å². The molecule has 0 radical (unpaired) electrons. The molecule has 0 bridgehead atoms. The Morgan fingerprint density at radius 1 is 1.11 bits per heavy atom. The molecule has 0 saturated carbocycles. The highest BCUT2D eigenvalue weighted by molar-refractivity contribution is 6.29. The van der Waals surface area contributed by atoms with Crippen molar-refractivity contribution in [2.75, 3.05) is 6.61 Å². The van der Waals surface area contributed by atoms with Gasteiger partial charge in [0.2, 0.25) is 0 Å². The second-order valence-corrected chi connectivity index (χ2v) is 5.04. The summed E-state index contributed by atoms with van der Waals surface area (Å²) in [6.07, 6.45) is 3.57. The van der Waals surface area contributed by atoms with Gasteiger partial charge in [-0.25, -0.2) is 9.37 Å². The minimum Gasteiger partial charge on any atom is -0.365 e. The van der Waals surface area contributed by atoms with Gasteiger partial charge >= 0.3 is 0 Å². The van der Waals surface area contributed by atoms with E-state index in [2.05, 4.69) is 4.98 Å². The van der Waals surface area contributed by atoms with Crippen molar-refractivity contribution in [3.8, 4) is 0 Å². The molecular weight excluding hydrogens is 265 g/mol. The van der Waals surface area contributed by atoms with Gasteiger partial charge in [-0.15, -0.1) is 0 Å². The standard InChI is InChI=1S/C15H13ClFNO/c16-14-7-4-12(10-18-14)15(8-1-9-19-15)11-2-5-13(17)6-3-11/h2-7,10H,1,8-9H2. The van der Waals surface area contributed by atoms with Gasteiger partial charge in [0.15, 0.2) is 0 Å². The van der Waals surface area contributed by atoms with Crippen molar-refractivity contribution < 1.29 is 9.13 Å². The Morgan fingerprint density at radius 2 is 1.84 bits per heavy atom. The van der Waals surface area contributed by atoms with Crippen LogP contribution in [0.5, 0.6) is 0 Å². The van der Waals surface area contributed by atoms with Crippen LogP contribution in [0, 0.1) is 5.82 Å². The SMILES string of the molecule is Fc1ccc(C2(c3ccc(Cl)nc3)CCCO2)cc1. The maximum absolute atomic E-state index is 13.1. The van der Waals surface area contributed by atoms with Crippen LogP contribution >= 0.6 is 11.6 Å². The predicted octanol–water partition coefficient (Wildman–Crippen LogP) is 3.93. The molecule has 4 heteroatoms. The smallest absolute Gasteiger partial charge is 0.129 e. The van der Waals surface area contributed by atoms with E-state index in [1.807, 2.05) is 6.07 Å². The van der Waals surface area contributed by atoms with Gasteiger partial charge in [-0.1, -0.05) is 29.8 Å². The van der Waals surface area contributed by atoms with Gasteiger partial charge in [-0.05, 0) is 36.6 Å². The van der Waals surface area contributed by atoms with Crippen molar-refractivity contribution in [2.24, 2.45) is 0 Å². The minimum atomic E-state index is -0.523. The Kier molecular flexibility index (Phi) is 3.25. The van der Waals surface area contributed by atoms with E-state index in [-0.39, 0.29) is 5.82 Å². The van der Waals surface area contributed by atoms with Crippen LogP contribution in [0.15, 0.2) is 42.6 Å². The maximum Gasteiger partial charge on any atom is 0.129 e. The molecule has 2 aromatic rings. The number of aromatic nitrogens is 1. The predicted molar refractivity (Wildman–Crippen MR) is 71.6 cm³/mol. The van der Waals surface area contributed by atoms with Crippen LogP contribution in [-0.4, -0.2) is 11.6 Å². The lowest BCUT2D eigenvalue weighted by Gasteiger charge is -2.29. The molecule has 1 saturated heterocycles. The van der Waals surface area contributed by atoms with E-state index < -0.39 is 5.60 Å². The van der Waals surface area contributed by atoms with Crippen LogP contribution in [0.25, 0.3) is 0 Å². The first-order chi connectivity index (χ1) is 9.21. The topological polar surface area (TPSA) is 22.1 Å². The van der Waals surface area contributed by atoms with E-state index in [1.165, 1.54) is 12.1 Å². The summed E-state index contributed by atoms with van der Waals surface area (Å²) < 4.78 is 19.1. The molecular formula is C15H13ClFNO. The van der Waals surface area contributed by atoms with Gasteiger partial charge in [0, 0.05) is 18.4 Å². The normalized spacial score (nSPS) is 22.6. The molecule has 1 unspecified atom stereocenters. The number of hydrogen-bond donors (Lipinski definition) is 0. The minimum absolute atomic E-state index is 0.244. The highest BCUT2D eigenvalue weighted by Gasteiger charge is 2.39. The van der Waals surface area contributed by atoms with Crippen molar-refractivity contribution in [2.45, 2.75) is 18.4 Å². The van der Waals surface area contributed by atoms with E-state index in [9.17, 15) is 4.39 Å². The second-order valence-electron chi connectivity index (χ2n) is 4.66. The lowest BCUT2D eigenvalue weighted by Crippen LogP contribution is -2.26. The first-order valence-corrected chi connectivity index (χ1v) is 6.60. The summed E-state index contributed by atoms with van der Waals surface area (Å²) in [5.41, 5.74) is 1.39. The molecule has 1 aromatic heterocycles. The Balaban J connectivity index is 2.08. The quantitative estimate of drug-likeness (QED) is 0.776. The zero-order valence-electron chi connectivity index (χ0n) is 10.3. The summed E-state index contributed by atoms with van der Waals surface area (Å²) in [5.74, 6) is -0.244. The number of ether oxygens (including phenoxy) is 1. The maximum atomic E-state index is 13.1. The molecule has 0 aliphatic carbocycles. The second kappa shape index (κ2) is 4.91. The third kappa shape index (κ3) is 2.24. The van der Waals surface area contributed by atoms with E-state index in [1.54, 1.807) is 24.4 Å². The first kappa shape index (κ1) is 12.6. The van der Waals surface area contributed by atoms with Crippen LogP contribution in [0.1, 0.15) is 24.0 Å². The van der Waals surface area contributed by atoms with E-state index in [4.69, 9.17) is 16.3 Å². The monoisotopic (exact) mass is 277 g/mol. The molecule has 2 nitrogen and oxygen atoms in total. The number of nitrogens with zero attached hydrogens (tertiary/aromatic N) is 1. The largest absolute Gasteiger partial charge is 0.365 e. The average Bonchev–Trinajstić information content (AvgIpc) is 2.91. The van der Waals surface area contributed by atoms with Crippen LogP contribution < -0.4 is 0 Å². The average molecular weight is 278 g/mol. The van der Waals surface area contributed by atoms with Crippen molar-refractivity contribution in [1.82, 2.24) is 4.98 Å². The molecule has 1 aliphatic rings. The molecule has 0 N–H and O–H groups in total. The van der Waals surface area contributed by atoms with Gasteiger partial charge in [-0.3, -0.25) is 0 Å². The Hall–Kier alpha value is -1.45. The van der Waals surface area contributed by atoms with Gasteiger partial charge in [0.1, 0.15) is 16.6 Å². The molecule has 19 heavy (non-hydrogen) atoms. The summed E-state index contributed by atoms with van der Waals surface area (Å²) in [5, 5.41) is 0.455. The number of pyridine rings is 1. The van der Waals surface area contributed by atoms with Crippen LogP contribution in [0.4, 0.5) is 4.39 Å². The summed E-state index contributed by atoms with van der Waals surface area (Å²) in [6, 6.07) is 10.1. The van der Waals surface area contributed by atoms with E-state index in [0.717, 1.165) is 24.0 Å². The number of benzene rings is 1. The van der Waals surface area contributed by atoms with Gasteiger partial charge in [0.25, 0.3) is 0 Å². The molecule has 1 aromatic carbocycles. The summed E-state index contributed by atoms with van der Waals surface area (Å²) in [4.78, 5) is 4.12. The molecule has 1 aliphatic heterocycles.